The zero-order chi connectivity index (χ0) is 30.6. The van der Waals surface area contributed by atoms with E-state index in [9.17, 15) is 13.6 Å². The summed E-state index contributed by atoms with van der Waals surface area (Å²) < 4.78 is 34.0. The number of nitrogens with one attached hydrogen (secondary N) is 1. The molecular formula is C31H23ClF2N8O2. The molecule has 1 aliphatic rings. The van der Waals surface area contributed by atoms with Crippen LogP contribution in [0.3, 0.4) is 0 Å². The van der Waals surface area contributed by atoms with E-state index in [0.29, 0.717) is 29.1 Å². The number of carbonyl (C=O) groups excluding carboxylic acids is 1. The van der Waals surface area contributed by atoms with E-state index >= 15 is 0 Å². The Morgan fingerprint density at radius 1 is 1.05 bits per heavy atom. The Morgan fingerprint density at radius 3 is 2.55 bits per heavy atom. The van der Waals surface area contributed by atoms with E-state index in [2.05, 4.69) is 43.4 Å². The van der Waals surface area contributed by atoms with E-state index in [1.54, 1.807) is 47.8 Å². The molecule has 1 aliphatic carbocycles. The highest BCUT2D eigenvalue weighted by atomic mass is 35.5. The third kappa shape index (κ3) is 5.13. The number of aromatic nitrogens is 7. The predicted molar refractivity (Wildman–Crippen MR) is 160 cm³/mol. The van der Waals surface area contributed by atoms with Crippen LogP contribution in [0, 0.1) is 0 Å². The second-order valence-corrected chi connectivity index (χ2v) is 11.0. The lowest BCUT2D eigenvalue weighted by atomic mass is 9.99. The maximum Gasteiger partial charge on any atom is 0.487 e. The van der Waals surface area contributed by atoms with Crippen LogP contribution in [0.2, 0.25) is 0 Å². The molecule has 0 saturated heterocycles. The molecule has 13 heteroatoms. The highest BCUT2D eigenvalue weighted by Crippen LogP contribution is 2.39. The molecule has 4 aromatic heterocycles. The molecule has 1 N–H and O–H groups in total. The first-order valence-corrected chi connectivity index (χ1v) is 14.0. The molecule has 2 aromatic carbocycles. The minimum atomic E-state index is -3.83. The molecule has 10 nitrogen and oxygen atoms in total. The number of rotatable bonds is 7. The van der Waals surface area contributed by atoms with Crippen molar-refractivity contribution in [1.29, 1.82) is 0 Å². The molecule has 0 saturated carbocycles. The van der Waals surface area contributed by atoms with Crippen LogP contribution in [0.15, 0.2) is 79.6 Å². The van der Waals surface area contributed by atoms with Crippen molar-refractivity contribution < 1.29 is 18.3 Å². The van der Waals surface area contributed by atoms with Crippen LogP contribution in [0.1, 0.15) is 41.5 Å². The average Bonchev–Trinajstić information content (AvgIpc) is 3.70. The van der Waals surface area contributed by atoms with Gasteiger partial charge in [0.1, 0.15) is 5.75 Å². The van der Waals surface area contributed by atoms with E-state index in [0.717, 1.165) is 39.2 Å². The molecule has 6 aromatic rings. The molecule has 4 heterocycles. The fourth-order valence-electron chi connectivity index (χ4n) is 5.30. The van der Waals surface area contributed by atoms with E-state index in [4.69, 9.17) is 21.7 Å². The Morgan fingerprint density at radius 2 is 1.82 bits per heavy atom. The number of carbonyl (C=O) groups is 1. The maximum absolute atomic E-state index is 13.4. The second-order valence-electron chi connectivity index (χ2n) is 10.6. The summed E-state index contributed by atoms with van der Waals surface area (Å²) in [6.45, 7) is 4.12. The van der Waals surface area contributed by atoms with Gasteiger partial charge in [0.15, 0.2) is 0 Å². The first kappa shape index (κ1) is 27.6. The van der Waals surface area contributed by atoms with Crippen molar-refractivity contribution in [2.45, 2.75) is 31.9 Å². The van der Waals surface area contributed by atoms with Crippen LogP contribution in [-0.2, 0) is 6.42 Å². The third-order valence-electron chi connectivity index (χ3n) is 7.27. The Hall–Kier alpha value is -5.23. The van der Waals surface area contributed by atoms with Crippen molar-refractivity contribution in [2.75, 3.05) is 5.32 Å². The summed E-state index contributed by atoms with van der Waals surface area (Å²) in [6, 6.07) is 12.9. The van der Waals surface area contributed by atoms with Crippen LogP contribution in [0.4, 0.5) is 14.5 Å². The van der Waals surface area contributed by atoms with E-state index in [1.807, 2.05) is 12.3 Å². The number of amides is 1. The molecule has 44 heavy (non-hydrogen) atoms. The number of imidazole rings is 1. The highest BCUT2D eigenvalue weighted by Gasteiger charge is 2.28. The van der Waals surface area contributed by atoms with Gasteiger partial charge in [-0.1, -0.05) is 0 Å². The molecule has 0 fully saturated rings. The minimum absolute atomic E-state index is 0.107. The van der Waals surface area contributed by atoms with Gasteiger partial charge in [-0.15, -0.1) is 8.78 Å². The van der Waals surface area contributed by atoms with Gasteiger partial charge in [-0.2, -0.15) is 5.10 Å². The number of pyridine rings is 1. The van der Waals surface area contributed by atoms with Gasteiger partial charge in [0.2, 0.25) is 5.95 Å². The summed E-state index contributed by atoms with van der Waals surface area (Å²) in [5, 5.41) is 7.57. The van der Waals surface area contributed by atoms with Crippen molar-refractivity contribution in [3.63, 3.8) is 0 Å². The van der Waals surface area contributed by atoms with Crippen molar-refractivity contribution in [3.8, 4) is 34.1 Å². The Bertz CT molecular complexity index is 2040. The maximum atomic E-state index is 13.4. The summed E-state index contributed by atoms with van der Waals surface area (Å²) in [5.74, 6) is -0.0612. The van der Waals surface area contributed by atoms with E-state index < -0.39 is 11.5 Å². The second kappa shape index (κ2) is 10.5. The predicted octanol–water partition coefficient (Wildman–Crippen LogP) is 6.65. The van der Waals surface area contributed by atoms with Crippen molar-refractivity contribution in [1.82, 2.24) is 34.3 Å². The summed E-state index contributed by atoms with van der Waals surface area (Å²) in [5.41, 5.74) is 3.64. The number of halogens is 3. The quantitative estimate of drug-likeness (QED) is 0.201. The lowest BCUT2D eigenvalue weighted by molar-refractivity contribution is -0.0964. The fraction of sp³-hybridized carbons (Fsp3) is 0.161. The largest absolute Gasteiger partial charge is 0.487 e. The third-order valence-corrected chi connectivity index (χ3v) is 7.35. The minimum Gasteiger partial charge on any atom is -0.420 e. The zero-order valence-corrected chi connectivity index (χ0v) is 24.1. The first-order chi connectivity index (χ1) is 21.1. The van der Waals surface area contributed by atoms with Crippen LogP contribution >= 0.6 is 11.6 Å². The SMILES string of the molecule is CC(C)n1cnc2cc(C(=O)Nc3ccc(OC(F)(F)Cl)cc3)cc(-c3cnc4c(c3)-c3nn(-c5ncccn5)cc3C4)c21. The number of ether oxygens (including phenoxy) is 1. The van der Waals surface area contributed by atoms with Crippen LogP contribution < -0.4 is 10.1 Å². The summed E-state index contributed by atoms with van der Waals surface area (Å²) in [6.07, 6.45) is 9.45. The van der Waals surface area contributed by atoms with Crippen molar-refractivity contribution in [3.05, 3.63) is 96.5 Å². The number of fused-ring (bicyclic) bond motifs is 4. The number of nitrogens with zero attached hydrogens (tertiary/aromatic N) is 7. The molecule has 0 unspecified atom stereocenters. The molecule has 0 radical (unpaired) electrons. The molecule has 0 spiro atoms. The van der Waals surface area contributed by atoms with Crippen LogP contribution in [0.5, 0.6) is 5.75 Å². The first-order valence-electron chi connectivity index (χ1n) is 13.7. The summed E-state index contributed by atoms with van der Waals surface area (Å²) in [7, 11) is 0. The van der Waals surface area contributed by atoms with Gasteiger partial charge < -0.3 is 14.6 Å². The fourth-order valence-corrected chi connectivity index (χ4v) is 5.39. The topological polar surface area (TPSA) is 113 Å². The Labute approximate surface area is 254 Å². The Kier molecular flexibility index (Phi) is 6.58. The summed E-state index contributed by atoms with van der Waals surface area (Å²) in [4.78, 5) is 31.4. The number of hydrogen-bond acceptors (Lipinski definition) is 7. The zero-order valence-electron chi connectivity index (χ0n) is 23.4. The number of hydrogen-bond donors (Lipinski definition) is 1. The summed E-state index contributed by atoms with van der Waals surface area (Å²) >= 11 is 4.84. The van der Waals surface area contributed by atoms with Gasteiger partial charge >= 0.3 is 5.57 Å². The van der Waals surface area contributed by atoms with Crippen LogP contribution in [-0.4, -0.2) is 45.8 Å². The normalized spacial score (nSPS) is 12.4. The van der Waals surface area contributed by atoms with Gasteiger partial charge in [0.25, 0.3) is 5.91 Å². The number of anilines is 1. The van der Waals surface area contributed by atoms with Gasteiger partial charge in [-0.3, -0.25) is 9.78 Å². The van der Waals surface area contributed by atoms with Crippen molar-refractivity contribution in [2.24, 2.45) is 0 Å². The van der Waals surface area contributed by atoms with Gasteiger partial charge in [0, 0.05) is 82.4 Å². The molecule has 0 atom stereocenters. The standard InChI is InChI=1S/C31H23ClF2N8O2/c1-17(2)41-16-38-26-12-18(29(43)39-21-4-6-22(7-5-21)44-31(32,33)34)10-23(28(26)41)19-11-24-25(37-14-19)13-20-15-42(40-27(20)24)30-35-8-3-9-36-30/h3-12,14-17H,13H2,1-2H3,(H,39,43). The van der Waals surface area contributed by atoms with E-state index in [-0.39, 0.29) is 11.8 Å². The smallest absolute Gasteiger partial charge is 0.420 e. The molecule has 7 rings (SSSR count). The molecular weight excluding hydrogens is 590 g/mol. The molecule has 0 aliphatic heterocycles. The monoisotopic (exact) mass is 612 g/mol. The highest BCUT2D eigenvalue weighted by molar-refractivity contribution is 6.20. The molecule has 0 bridgehead atoms. The van der Waals surface area contributed by atoms with Crippen molar-refractivity contribution >= 4 is 34.2 Å². The van der Waals surface area contributed by atoms with Gasteiger partial charge in [0.05, 0.1) is 28.7 Å². The van der Waals surface area contributed by atoms with Gasteiger partial charge in [-0.05, 0) is 62.4 Å². The number of benzene rings is 2. The van der Waals surface area contributed by atoms with Crippen LogP contribution in [0.25, 0.3) is 39.4 Å². The lowest BCUT2D eigenvalue weighted by Gasteiger charge is -2.15. The molecule has 220 valence electrons. The van der Waals surface area contributed by atoms with E-state index in [1.165, 1.54) is 24.3 Å². The van der Waals surface area contributed by atoms with Gasteiger partial charge in [-0.25, -0.2) is 19.6 Å². The molecule has 1 amide bonds. The Balaban J connectivity index is 1.26. The number of alkyl halides is 3. The average molecular weight is 613 g/mol. The lowest BCUT2D eigenvalue weighted by Crippen LogP contribution is -2.16.